The van der Waals surface area contributed by atoms with Gasteiger partial charge in [-0.3, -0.25) is 0 Å². The largest absolute Gasteiger partial charge is 0.743 e. The smallest absolute Gasteiger partial charge is 0.402 e. The van der Waals surface area contributed by atoms with Gasteiger partial charge in [0.05, 0.1) is 24.6 Å². The summed E-state index contributed by atoms with van der Waals surface area (Å²) in [7, 11) is -7.38. The molecule has 0 fully saturated rings. The van der Waals surface area contributed by atoms with E-state index in [2.05, 4.69) is 27.7 Å². The molecule has 0 unspecified atom stereocenters. The molecule has 0 radical (unpaired) electrons. The molecule has 0 atom stereocenters. The first-order valence-corrected chi connectivity index (χ1v) is 14.5. The third kappa shape index (κ3) is 10.5. The lowest BCUT2D eigenvalue weighted by molar-refractivity contribution is -0.227. The fraction of sp³-hybridized carbons (Fsp3) is 1.00. The quantitative estimate of drug-likeness (QED) is 0.138. The van der Waals surface area contributed by atoms with Crippen LogP contribution in [0.25, 0.3) is 0 Å². The van der Waals surface area contributed by atoms with E-state index < -0.39 is 35.0 Å². The van der Waals surface area contributed by atoms with Gasteiger partial charge in [-0.25, -0.2) is 17.2 Å². The summed E-state index contributed by atoms with van der Waals surface area (Å²) < 4.78 is 98.0. The Morgan fingerprint density at radius 1 is 0.733 bits per heavy atom. The second-order valence-corrected chi connectivity index (χ2v) is 13.4. The molecule has 0 aromatic carbocycles. The Labute approximate surface area is 178 Å². The summed E-state index contributed by atoms with van der Waals surface area (Å²) in [6, 6.07) is 0. The van der Waals surface area contributed by atoms with Crippen LogP contribution in [0.4, 0.5) is 26.3 Å². The molecule has 0 saturated heterocycles. The molecule has 0 aromatic heterocycles. The van der Waals surface area contributed by atoms with Gasteiger partial charge < -0.3 is 4.55 Å². The zero-order valence-corrected chi connectivity index (χ0v) is 20.1. The lowest BCUT2D eigenvalue weighted by atomic mass is 10.4. The van der Waals surface area contributed by atoms with Gasteiger partial charge >= 0.3 is 17.6 Å². The summed E-state index contributed by atoms with van der Waals surface area (Å²) in [5.74, 6) is -6.19. The van der Waals surface area contributed by atoms with Crippen LogP contribution >= 0.6 is 7.26 Å². The van der Waals surface area contributed by atoms with Crippen molar-refractivity contribution >= 4 is 17.4 Å². The first-order valence-electron chi connectivity index (χ1n) is 10.5. The third-order valence-electron chi connectivity index (χ3n) is 4.92. The second-order valence-electron chi connectivity index (χ2n) is 7.54. The molecule has 0 amide bonds. The summed E-state index contributed by atoms with van der Waals surface area (Å²) in [4.78, 5) is 0. The zero-order valence-electron chi connectivity index (χ0n) is 18.4. The Morgan fingerprint density at radius 2 is 1.00 bits per heavy atom. The molecular weight excluding hydrogens is 453 g/mol. The van der Waals surface area contributed by atoms with E-state index >= 15 is 0 Å². The van der Waals surface area contributed by atoms with Crippen molar-refractivity contribution in [1.82, 2.24) is 0 Å². The standard InChI is InChI=1S/C16H36P.C3H2F6O3S/c1-5-9-13-17(14-10-6-2,15-11-7-3)16-12-8-4;4-1(5)2(6,7)3(8,9)13(10,11)12/h5-16H2,1-4H3;1H,(H,10,11,12)/q+1;/p-1. The Hall–Kier alpha value is -0.0800. The average Bonchev–Trinajstić information content (AvgIpc) is 2.66. The molecule has 0 rings (SSSR count). The van der Waals surface area contributed by atoms with E-state index in [0.29, 0.717) is 0 Å². The Bertz CT molecular complexity index is 507. The highest BCUT2D eigenvalue weighted by Gasteiger charge is 2.67. The van der Waals surface area contributed by atoms with Crippen molar-refractivity contribution in [3.8, 4) is 0 Å². The van der Waals surface area contributed by atoms with E-state index in [1.807, 2.05) is 0 Å². The Balaban J connectivity index is 0. The van der Waals surface area contributed by atoms with Gasteiger partial charge in [-0.2, -0.15) is 17.6 Å². The summed E-state index contributed by atoms with van der Waals surface area (Å²) in [5.41, 5.74) is 0. The number of hydrogen-bond acceptors (Lipinski definition) is 3. The lowest BCUT2D eigenvalue weighted by Crippen LogP contribution is -2.51. The van der Waals surface area contributed by atoms with Crippen LogP contribution < -0.4 is 0 Å². The summed E-state index contributed by atoms with van der Waals surface area (Å²) >= 11 is 0. The van der Waals surface area contributed by atoms with Crippen molar-refractivity contribution in [2.75, 3.05) is 24.6 Å². The van der Waals surface area contributed by atoms with E-state index in [1.54, 1.807) is 24.6 Å². The van der Waals surface area contributed by atoms with Crippen molar-refractivity contribution in [3.63, 3.8) is 0 Å². The number of rotatable bonds is 15. The molecule has 0 aliphatic heterocycles. The highest BCUT2D eigenvalue weighted by molar-refractivity contribution is 7.86. The molecule has 0 aliphatic rings. The second kappa shape index (κ2) is 14.9. The minimum Gasteiger partial charge on any atom is -0.743 e. The minimum absolute atomic E-state index is 0.562. The Kier molecular flexibility index (Phi) is 15.9. The van der Waals surface area contributed by atoms with Crippen molar-refractivity contribution in [3.05, 3.63) is 0 Å². The van der Waals surface area contributed by atoms with Crippen LogP contribution in [0.1, 0.15) is 79.1 Å². The number of alkyl halides is 6. The number of hydrogen-bond donors (Lipinski definition) is 0. The minimum atomic E-state index is -6.82. The molecule has 0 aromatic rings. The van der Waals surface area contributed by atoms with Crippen LogP contribution in [-0.2, 0) is 10.1 Å². The highest BCUT2D eigenvalue weighted by Crippen LogP contribution is 2.61. The molecule has 30 heavy (non-hydrogen) atoms. The molecule has 184 valence electrons. The van der Waals surface area contributed by atoms with Crippen LogP contribution in [-0.4, -0.2) is 55.2 Å². The van der Waals surface area contributed by atoms with Gasteiger partial charge in [-0.05, 0) is 25.7 Å². The number of unbranched alkanes of at least 4 members (excludes halogenated alkanes) is 4. The average molecular weight is 491 g/mol. The zero-order chi connectivity index (χ0) is 24.1. The fourth-order valence-corrected chi connectivity index (χ4v) is 8.65. The van der Waals surface area contributed by atoms with Crippen molar-refractivity contribution in [2.45, 2.75) is 96.7 Å². The molecular formula is C19H37F6O3PS. The van der Waals surface area contributed by atoms with E-state index in [0.717, 1.165) is 0 Å². The fourth-order valence-electron chi connectivity index (χ4n) is 2.94. The van der Waals surface area contributed by atoms with Crippen LogP contribution in [0.5, 0.6) is 0 Å². The van der Waals surface area contributed by atoms with Gasteiger partial charge in [0.25, 0.3) is 0 Å². The molecule has 0 N–H and O–H groups in total. The van der Waals surface area contributed by atoms with Crippen molar-refractivity contribution in [1.29, 1.82) is 0 Å². The van der Waals surface area contributed by atoms with Crippen molar-refractivity contribution in [2.24, 2.45) is 0 Å². The van der Waals surface area contributed by atoms with Gasteiger partial charge in [0, 0.05) is 7.26 Å². The summed E-state index contributed by atoms with van der Waals surface area (Å²) in [6.07, 6.45) is 13.0. The van der Waals surface area contributed by atoms with Crippen LogP contribution in [0, 0.1) is 0 Å². The molecule has 0 bridgehead atoms. The molecule has 0 aliphatic carbocycles. The molecule has 3 nitrogen and oxygen atoms in total. The van der Waals surface area contributed by atoms with Crippen LogP contribution in [0.3, 0.4) is 0 Å². The summed E-state index contributed by atoms with van der Waals surface area (Å²) in [5, 5.41) is -6.31. The SMILES string of the molecule is CCCC[P+](CCCC)(CCCC)CCCC.O=S(=O)([O-])C(F)(F)C(F)(F)C(F)F. The molecule has 11 heteroatoms. The predicted molar refractivity (Wildman–Crippen MR) is 112 cm³/mol. The first kappa shape index (κ1) is 32.1. The van der Waals surface area contributed by atoms with Crippen LogP contribution in [0.2, 0.25) is 0 Å². The lowest BCUT2D eigenvalue weighted by Gasteiger charge is -2.28. The topological polar surface area (TPSA) is 57.2 Å². The van der Waals surface area contributed by atoms with Gasteiger partial charge in [0.15, 0.2) is 10.1 Å². The van der Waals surface area contributed by atoms with Gasteiger partial charge in [0.1, 0.15) is 0 Å². The van der Waals surface area contributed by atoms with Crippen molar-refractivity contribution < 1.29 is 39.3 Å². The van der Waals surface area contributed by atoms with Gasteiger partial charge in [-0.15, -0.1) is 0 Å². The number of halogens is 6. The monoisotopic (exact) mass is 490 g/mol. The van der Waals surface area contributed by atoms with E-state index in [-0.39, 0.29) is 0 Å². The predicted octanol–water partition coefficient (Wildman–Crippen LogP) is 7.23. The van der Waals surface area contributed by atoms with Gasteiger partial charge in [-0.1, -0.05) is 53.4 Å². The van der Waals surface area contributed by atoms with Gasteiger partial charge in [0.2, 0.25) is 0 Å². The maximum atomic E-state index is 11.8. The normalized spacial score (nSPS) is 13.3. The molecule has 0 saturated carbocycles. The maximum absolute atomic E-state index is 11.8. The third-order valence-corrected chi connectivity index (χ3v) is 10.9. The van der Waals surface area contributed by atoms with E-state index in [1.165, 1.54) is 51.4 Å². The maximum Gasteiger partial charge on any atom is 0.402 e. The molecule has 0 spiro atoms. The van der Waals surface area contributed by atoms with E-state index in [4.69, 9.17) is 0 Å². The van der Waals surface area contributed by atoms with Crippen LogP contribution in [0.15, 0.2) is 0 Å². The summed E-state index contributed by atoms with van der Waals surface area (Å²) in [6.45, 7) is 9.42. The molecule has 0 heterocycles. The highest BCUT2D eigenvalue weighted by atomic mass is 32.2. The van der Waals surface area contributed by atoms with E-state index in [9.17, 15) is 39.3 Å². The Morgan fingerprint density at radius 3 is 1.13 bits per heavy atom. The first-order chi connectivity index (χ1) is 13.7.